The minimum Gasteiger partial charge on any atom is -0.496 e. The van der Waals surface area contributed by atoms with Gasteiger partial charge in [0.25, 0.3) is 0 Å². The summed E-state index contributed by atoms with van der Waals surface area (Å²) < 4.78 is 5.33. The molecule has 0 aliphatic heterocycles. The fourth-order valence-corrected chi connectivity index (χ4v) is 2.63. The van der Waals surface area contributed by atoms with Crippen molar-refractivity contribution in [2.45, 2.75) is 52.1 Å². The maximum absolute atomic E-state index is 10.4. The molecule has 1 N–H and O–H groups in total. The van der Waals surface area contributed by atoms with E-state index in [4.69, 9.17) is 16.3 Å². The molecule has 19 heavy (non-hydrogen) atoms. The van der Waals surface area contributed by atoms with Gasteiger partial charge < -0.3 is 9.84 Å². The summed E-state index contributed by atoms with van der Waals surface area (Å²) in [6, 6.07) is 5.55. The van der Waals surface area contributed by atoms with E-state index in [1.54, 1.807) is 7.11 Å². The molecule has 0 aromatic heterocycles. The van der Waals surface area contributed by atoms with E-state index in [9.17, 15) is 5.11 Å². The van der Waals surface area contributed by atoms with Gasteiger partial charge >= 0.3 is 0 Å². The maximum atomic E-state index is 10.4. The molecular formula is C16H25ClO2. The van der Waals surface area contributed by atoms with E-state index in [1.807, 2.05) is 18.2 Å². The van der Waals surface area contributed by atoms with Gasteiger partial charge in [-0.2, -0.15) is 0 Å². The fraction of sp³-hybridized carbons (Fsp3) is 0.625. The van der Waals surface area contributed by atoms with Gasteiger partial charge in [0.1, 0.15) is 5.75 Å². The van der Waals surface area contributed by atoms with Crippen LogP contribution in [0.5, 0.6) is 5.75 Å². The molecule has 0 heterocycles. The van der Waals surface area contributed by atoms with E-state index < -0.39 is 0 Å². The minimum atomic E-state index is -0.330. The molecule has 0 bridgehead atoms. The van der Waals surface area contributed by atoms with Gasteiger partial charge in [-0.05, 0) is 36.1 Å². The highest BCUT2D eigenvalue weighted by Crippen LogP contribution is 2.27. The summed E-state index contributed by atoms with van der Waals surface area (Å²) in [5.41, 5.74) is 0.984. The zero-order valence-corrected chi connectivity index (χ0v) is 12.9. The minimum absolute atomic E-state index is 0.330. The van der Waals surface area contributed by atoms with Crippen LogP contribution in [0.2, 0.25) is 5.02 Å². The third-order valence-corrected chi connectivity index (χ3v) is 3.90. The SMILES string of the molecule is CCCCC(CC)C(O)Cc1cc(Cl)ccc1OC. The van der Waals surface area contributed by atoms with Gasteiger partial charge in [0.05, 0.1) is 13.2 Å². The highest BCUT2D eigenvalue weighted by molar-refractivity contribution is 6.30. The summed E-state index contributed by atoms with van der Waals surface area (Å²) >= 11 is 6.02. The zero-order valence-electron chi connectivity index (χ0n) is 12.2. The summed E-state index contributed by atoms with van der Waals surface area (Å²) in [4.78, 5) is 0. The van der Waals surface area contributed by atoms with Gasteiger partial charge in [-0.25, -0.2) is 0 Å². The first-order valence-electron chi connectivity index (χ1n) is 7.12. The molecule has 3 heteroatoms. The van der Waals surface area contributed by atoms with E-state index in [2.05, 4.69) is 13.8 Å². The molecule has 2 nitrogen and oxygen atoms in total. The zero-order chi connectivity index (χ0) is 14.3. The third-order valence-electron chi connectivity index (χ3n) is 3.67. The van der Waals surface area contributed by atoms with Crippen LogP contribution in [0.4, 0.5) is 0 Å². The quantitative estimate of drug-likeness (QED) is 0.763. The lowest BCUT2D eigenvalue weighted by Crippen LogP contribution is -2.22. The molecule has 0 aliphatic carbocycles. The van der Waals surface area contributed by atoms with Crippen LogP contribution in [0.25, 0.3) is 0 Å². The van der Waals surface area contributed by atoms with Gasteiger partial charge in [-0.15, -0.1) is 0 Å². The lowest BCUT2D eigenvalue weighted by atomic mass is 9.89. The predicted octanol–water partition coefficient (Wildman–Crippen LogP) is 4.47. The summed E-state index contributed by atoms with van der Waals surface area (Å²) in [6.07, 6.45) is 4.70. The number of methoxy groups -OCH3 is 1. The Bertz CT molecular complexity index is 379. The highest BCUT2D eigenvalue weighted by atomic mass is 35.5. The van der Waals surface area contributed by atoms with Crippen molar-refractivity contribution in [2.24, 2.45) is 5.92 Å². The number of benzene rings is 1. The summed E-state index contributed by atoms with van der Waals surface area (Å²) in [6.45, 7) is 4.32. The average Bonchev–Trinajstić information content (AvgIpc) is 2.40. The van der Waals surface area contributed by atoms with Crippen LogP contribution < -0.4 is 4.74 Å². The van der Waals surface area contributed by atoms with Gasteiger partial charge in [0.2, 0.25) is 0 Å². The van der Waals surface area contributed by atoms with Crippen LogP contribution in [-0.4, -0.2) is 18.3 Å². The second-order valence-electron chi connectivity index (χ2n) is 5.04. The lowest BCUT2D eigenvalue weighted by molar-refractivity contribution is 0.0981. The third kappa shape index (κ3) is 5.04. The summed E-state index contributed by atoms with van der Waals surface area (Å²) in [5, 5.41) is 11.1. The molecule has 0 radical (unpaired) electrons. The molecule has 0 amide bonds. The van der Waals surface area contributed by atoms with Crippen molar-refractivity contribution >= 4 is 11.6 Å². The molecule has 2 atom stereocenters. The Balaban J connectivity index is 2.73. The van der Waals surface area contributed by atoms with E-state index in [0.717, 1.165) is 24.2 Å². The first-order valence-corrected chi connectivity index (χ1v) is 7.50. The van der Waals surface area contributed by atoms with Crippen LogP contribution in [-0.2, 0) is 6.42 Å². The average molecular weight is 285 g/mol. The number of aliphatic hydroxyl groups is 1. The van der Waals surface area contributed by atoms with Crippen molar-refractivity contribution in [3.63, 3.8) is 0 Å². The molecule has 0 saturated heterocycles. The molecule has 0 spiro atoms. The van der Waals surface area contributed by atoms with Crippen LogP contribution in [0.1, 0.15) is 45.1 Å². The van der Waals surface area contributed by atoms with Crippen LogP contribution in [0.15, 0.2) is 18.2 Å². The predicted molar refractivity (Wildman–Crippen MR) is 81.0 cm³/mol. The standard InChI is InChI=1S/C16H25ClO2/c1-4-6-7-12(5-2)15(18)11-13-10-14(17)8-9-16(13)19-3/h8-10,12,15,18H,4-7,11H2,1-3H3. The van der Waals surface area contributed by atoms with E-state index >= 15 is 0 Å². The summed E-state index contributed by atoms with van der Waals surface area (Å²) in [5.74, 6) is 1.15. The topological polar surface area (TPSA) is 29.5 Å². The van der Waals surface area contributed by atoms with Gasteiger partial charge in [0.15, 0.2) is 0 Å². The molecule has 0 fully saturated rings. The van der Waals surface area contributed by atoms with E-state index in [1.165, 1.54) is 12.8 Å². The van der Waals surface area contributed by atoms with Gasteiger partial charge in [0, 0.05) is 11.4 Å². The Labute approximate surface area is 121 Å². The normalized spacial score (nSPS) is 14.2. The molecule has 0 aliphatic rings. The number of aliphatic hydroxyl groups excluding tert-OH is 1. The van der Waals surface area contributed by atoms with Crippen LogP contribution >= 0.6 is 11.6 Å². The Morgan fingerprint density at radius 3 is 2.63 bits per heavy atom. The monoisotopic (exact) mass is 284 g/mol. The van der Waals surface area contributed by atoms with E-state index in [0.29, 0.717) is 17.4 Å². The lowest BCUT2D eigenvalue weighted by Gasteiger charge is -2.22. The van der Waals surface area contributed by atoms with Crippen molar-refractivity contribution in [1.82, 2.24) is 0 Å². The first-order chi connectivity index (χ1) is 9.12. The molecule has 0 saturated carbocycles. The molecule has 1 aromatic carbocycles. The Morgan fingerprint density at radius 1 is 1.32 bits per heavy atom. The van der Waals surface area contributed by atoms with Crippen molar-refractivity contribution in [1.29, 1.82) is 0 Å². The van der Waals surface area contributed by atoms with Gasteiger partial charge in [-0.1, -0.05) is 44.7 Å². The highest BCUT2D eigenvalue weighted by Gasteiger charge is 2.19. The number of hydrogen-bond donors (Lipinski definition) is 1. The second-order valence-corrected chi connectivity index (χ2v) is 5.47. The molecule has 108 valence electrons. The van der Waals surface area contributed by atoms with Gasteiger partial charge in [-0.3, -0.25) is 0 Å². The van der Waals surface area contributed by atoms with Crippen LogP contribution in [0, 0.1) is 5.92 Å². The van der Waals surface area contributed by atoms with Crippen molar-refractivity contribution < 1.29 is 9.84 Å². The smallest absolute Gasteiger partial charge is 0.122 e. The first kappa shape index (κ1) is 16.3. The van der Waals surface area contributed by atoms with E-state index in [-0.39, 0.29) is 6.10 Å². The number of unbranched alkanes of at least 4 members (excludes halogenated alkanes) is 1. The second kappa shape index (κ2) is 8.44. The van der Waals surface area contributed by atoms with Crippen molar-refractivity contribution in [3.8, 4) is 5.75 Å². The fourth-order valence-electron chi connectivity index (χ4n) is 2.43. The largest absolute Gasteiger partial charge is 0.496 e. The van der Waals surface area contributed by atoms with Crippen molar-refractivity contribution in [3.05, 3.63) is 28.8 Å². The molecule has 2 unspecified atom stereocenters. The Morgan fingerprint density at radius 2 is 2.05 bits per heavy atom. The number of ether oxygens (including phenoxy) is 1. The Kier molecular flexibility index (Phi) is 7.25. The molecular weight excluding hydrogens is 260 g/mol. The number of halogens is 1. The summed E-state index contributed by atoms with van der Waals surface area (Å²) in [7, 11) is 1.65. The van der Waals surface area contributed by atoms with Crippen LogP contribution in [0.3, 0.4) is 0 Å². The maximum Gasteiger partial charge on any atom is 0.122 e. The Hall–Kier alpha value is -0.730. The number of rotatable bonds is 8. The molecule has 1 rings (SSSR count). The number of hydrogen-bond acceptors (Lipinski definition) is 2. The van der Waals surface area contributed by atoms with Crippen molar-refractivity contribution in [2.75, 3.05) is 7.11 Å². The molecule has 1 aromatic rings.